The number of para-hydroxylation sites is 1. The molecule has 0 bridgehead atoms. The van der Waals surface area contributed by atoms with Gasteiger partial charge in [-0.15, -0.1) is 0 Å². The van der Waals surface area contributed by atoms with Crippen molar-refractivity contribution in [2.75, 3.05) is 0 Å². The average molecular weight is 666 g/mol. The lowest BCUT2D eigenvalue weighted by Crippen LogP contribution is -2.19. The number of aromatic amines is 1. The number of aryl methyl sites for hydroxylation is 1. The van der Waals surface area contributed by atoms with Gasteiger partial charge in [0, 0.05) is 31.5 Å². The molecule has 0 spiro atoms. The molecule has 0 unspecified atom stereocenters. The van der Waals surface area contributed by atoms with E-state index in [2.05, 4.69) is 47.4 Å². The summed E-state index contributed by atoms with van der Waals surface area (Å²) >= 11 is 12.8. The van der Waals surface area contributed by atoms with Crippen LogP contribution in [0.5, 0.6) is 5.75 Å². The molecule has 1 heterocycles. The van der Waals surface area contributed by atoms with Crippen LogP contribution in [-0.2, 0) is 0 Å². The van der Waals surface area contributed by atoms with Crippen LogP contribution in [0.2, 0.25) is 5.02 Å². The Labute approximate surface area is 246 Å². The number of fused-ring (bicyclic) bond motifs is 1. The quantitative estimate of drug-likeness (QED) is 0.0829. The first-order valence-electron chi connectivity index (χ1n) is 11.8. The van der Waals surface area contributed by atoms with E-state index < -0.39 is 11.9 Å². The Hall–Kier alpha value is -3.72. The summed E-state index contributed by atoms with van der Waals surface area (Å²) in [5, 5.41) is 5.65. The number of benzene rings is 4. The highest BCUT2D eigenvalue weighted by molar-refractivity contribution is 9.11. The summed E-state index contributed by atoms with van der Waals surface area (Å²) in [5.41, 5.74) is 7.43. The Bertz CT molecular complexity index is 1730. The summed E-state index contributed by atoms with van der Waals surface area (Å²) < 4.78 is 6.93. The molecule has 0 fully saturated rings. The fourth-order valence-corrected chi connectivity index (χ4v) is 5.64. The van der Waals surface area contributed by atoms with Crippen molar-refractivity contribution in [1.29, 1.82) is 0 Å². The lowest BCUT2D eigenvalue weighted by Gasteiger charge is -2.11. The maximum absolute atomic E-state index is 13.3. The molecule has 194 valence electrons. The van der Waals surface area contributed by atoms with Gasteiger partial charge in [-0.3, -0.25) is 4.79 Å². The second-order valence-corrected chi connectivity index (χ2v) is 10.8. The number of H-pyrrole nitrogens is 1. The van der Waals surface area contributed by atoms with E-state index in [4.69, 9.17) is 16.3 Å². The van der Waals surface area contributed by atoms with Gasteiger partial charge in [0.1, 0.15) is 5.69 Å². The third-order valence-electron chi connectivity index (χ3n) is 6.01. The second kappa shape index (κ2) is 11.6. The molecule has 5 aromatic rings. The highest BCUT2D eigenvalue weighted by Crippen LogP contribution is 2.35. The second-order valence-electron chi connectivity index (χ2n) is 8.64. The van der Waals surface area contributed by atoms with Crippen molar-refractivity contribution >= 4 is 72.5 Å². The van der Waals surface area contributed by atoms with Crippen LogP contribution in [-0.4, -0.2) is 23.1 Å². The molecule has 9 heteroatoms. The number of nitrogens with one attached hydrogen (secondary N) is 2. The Balaban J connectivity index is 1.44. The molecule has 0 saturated heterocycles. The Kier molecular flexibility index (Phi) is 7.97. The highest BCUT2D eigenvalue weighted by atomic mass is 79.9. The zero-order valence-corrected chi connectivity index (χ0v) is 24.4. The van der Waals surface area contributed by atoms with Crippen molar-refractivity contribution in [2.45, 2.75) is 6.92 Å². The minimum atomic E-state index is -0.561. The number of carbonyl (C=O) groups is 2. The van der Waals surface area contributed by atoms with E-state index >= 15 is 0 Å². The highest BCUT2D eigenvalue weighted by Gasteiger charge is 2.20. The molecular weight excluding hydrogens is 646 g/mol. The van der Waals surface area contributed by atoms with Gasteiger partial charge in [0.2, 0.25) is 0 Å². The predicted octanol–water partition coefficient (Wildman–Crippen LogP) is 8.30. The van der Waals surface area contributed by atoms with Crippen molar-refractivity contribution in [2.24, 2.45) is 5.10 Å². The number of ether oxygens (including phenoxy) is 1. The summed E-state index contributed by atoms with van der Waals surface area (Å²) in [7, 11) is 0. The van der Waals surface area contributed by atoms with E-state index in [1.807, 2.05) is 55.5 Å². The zero-order valence-electron chi connectivity index (χ0n) is 20.5. The lowest BCUT2D eigenvalue weighted by molar-refractivity contribution is 0.0733. The van der Waals surface area contributed by atoms with E-state index in [0.717, 1.165) is 32.1 Å². The molecule has 0 aliphatic heterocycles. The third-order valence-corrected chi connectivity index (χ3v) is 7.31. The number of amides is 1. The number of hydrogen-bond donors (Lipinski definition) is 2. The van der Waals surface area contributed by atoms with Gasteiger partial charge in [0.25, 0.3) is 5.91 Å². The normalized spacial score (nSPS) is 11.2. The van der Waals surface area contributed by atoms with E-state index in [0.29, 0.717) is 26.3 Å². The fourth-order valence-electron chi connectivity index (χ4n) is 4.18. The standard InChI is InChI=1S/C30H20Br2ClN3O3/c1-17-6-5-9-23-25(18-7-3-2-4-8-18)27(35-26(17)23)29(37)36-34-16-20-14-21(31)15-24(32)28(20)39-30(38)19-10-12-22(33)13-11-19/h2-16,35H,1H3,(H,36,37). The van der Waals surface area contributed by atoms with E-state index in [1.165, 1.54) is 6.21 Å². The summed E-state index contributed by atoms with van der Waals surface area (Å²) in [6, 6.07) is 25.5. The smallest absolute Gasteiger partial charge is 0.343 e. The number of esters is 1. The van der Waals surface area contributed by atoms with Crippen LogP contribution in [0.15, 0.2) is 99.0 Å². The molecule has 1 amide bonds. The van der Waals surface area contributed by atoms with Crippen LogP contribution in [0.4, 0.5) is 0 Å². The fraction of sp³-hybridized carbons (Fsp3) is 0.0333. The van der Waals surface area contributed by atoms with Crippen LogP contribution < -0.4 is 10.2 Å². The first-order chi connectivity index (χ1) is 18.8. The molecule has 0 atom stereocenters. The van der Waals surface area contributed by atoms with Crippen LogP contribution >= 0.6 is 43.5 Å². The van der Waals surface area contributed by atoms with Gasteiger partial charge in [-0.25, -0.2) is 10.2 Å². The number of nitrogens with zero attached hydrogens (tertiary/aromatic N) is 1. The van der Waals surface area contributed by atoms with Crippen LogP contribution in [0.25, 0.3) is 22.0 Å². The number of halogens is 3. The SMILES string of the molecule is Cc1cccc2c(-c3ccccc3)c(C(=O)NN=Cc3cc(Br)cc(Br)c3OC(=O)c3ccc(Cl)cc3)[nH]c12. The maximum atomic E-state index is 13.3. The topological polar surface area (TPSA) is 83.5 Å². The molecule has 0 aliphatic carbocycles. The van der Waals surface area contributed by atoms with Crippen molar-refractivity contribution in [3.05, 3.63) is 121 Å². The Morgan fingerprint density at radius 1 is 0.974 bits per heavy atom. The number of rotatable bonds is 6. The van der Waals surface area contributed by atoms with Crippen LogP contribution in [0, 0.1) is 6.92 Å². The first kappa shape index (κ1) is 26.9. The van der Waals surface area contributed by atoms with Crippen molar-refractivity contribution in [1.82, 2.24) is 10.4 Å². The molecule has 0 aliphatic rings. The molecule has 5 rings (SSSR count). The minimum absolute atomic E-state index is 0.252. The van der Waals surface area contributed by atoms with Gasteiger partial charge in [0.15, 0.2) is 5.75 Å². The van der Waals surface area contributed by atoms with Crippen molar-refractivity contribution in [3.63, 3.8) is 0 Å². The maximum Gasteiger partial charge on any atom is 0.343 e. The number of carbonyl (C=O) groups excluding carboxylic acids is 2. The molecule has 39 heavy (non-hydrogen) atoms. The van der Waals surface area contributed by atoms with Crippen LogP contribution in [0.3, 0.4) is 0 Å². The Morgan fingerprint density at radius 3 is 2.46 bits per heavy atom. The predicted molar refractivity (Wildman–Crippen MR) is 162 cm³/mol. The summed E-state index contributed by atoms with van der Waals surface area (Å²) in [6.45, 7) is 1.99. The lowest BCUT2D eigenvalue weighted by atomic mass is 10.0. The molecule has 2 N–H and O–H groups in total. The molecule has 0 radical (unpaired) electrons. The number of hydrogen-bond acceptors (Lipinski definition) is 4. The van der Waals surface area contributed by atoms with Crippen LogP contribution in [0.1, 0.15) is 32.0 Å². The number of hydrazone groups is 1. The Morgan fingerprint density at radius 2 is 1.72 bits per heavy atom. The molecule has 4 aromatic carbocycles. The molecule has 0 saturated carbocycles. The van der Waals surface area contributed by atoms with Gasteiger partial charge in [0.05, 0.1) is 16.3 Å². The zero-order chi connectivity index (χ0) is 27.5. The van der Waals surface area contributed by atoms with E-state index in [-0.39, 0.29) is 5.75 Å². The number of aromatic nitrogens is 1. The molecule has 6 nitrogen and oxygen atoms in total. The first-order valence-corrected chi connectivity index (χ1v) is 13.7. The largest absolute Gasteiger partial charge is 0.421 e. The van der Waals surface area contributed by atoms with Gasteiger partial charge in [-0.2, -0.15) is 5.10 Å². The average Bonchev–Trinajstić information content (AvgIpc) is 3.32. The van der Waals surface area contributed by atoms with Gasteiger partial charge in [-0.05, 0) is 70.4 Å². The van der Waals surface area contributed by atoms with Gasteiger partial charge < -0.3 is 9.72 Å². The summed E-state index contributed by atoms with van der Waals surface area (Å²) in [4.78, 5) is 29.4. The van der Waals surface area contributed by atoms with E-state index in [1.54, 1.807) is 36.4 Å². The third kappa shape index (κ3) is 5.83. The van der Waals surface area contributed by atoms with Crippen molar-refractivity contribution in [3.8, 4) is 16.9 Å². The molecule has 1 aromatic heterocycles. The summed E-state index contributed by atoms with van der Waals surface area (Å²) in [5.74, 6) is -0.717. The van der Waals surface area contributed by atoms with Gasteiger partial charge >= 0.3 is 5.97 Å². The molecular formula is C30H20Br2ClN3O3. The summed E-state index contributed by atoms with van der Waals surface area (Å²) in [6.07, 6.45) is 1.42. The van der Waals surface area contributed by atoms with Gasteiger partial charge in [-0.1, -0.05) is 76.1 Å². The van der Waals surface area contributed by atoms with Crippen molar-refractivity contribution < 1.29 is 14.3 Å². The monoisotopic (exact) mass is 663 g/mol. The van der Waals surface area contributed by atoms with E-state index in [9.17, 15) is 9.59 Å². The minimum Gasteiger partial charge on any atom is -0.421 e.